The molecule has 142 valence electrons. The van der Waals surface area contributed by atoms with Gasteiger partial charge in [0.05, 0.1) is 16.8 Å². The van der Waals surface area contributed by atoms with Gasteiger partial charge in [-0.3, -0.25) is 10.1 Å². The van der Waals surface area contributed by atoms with E-state index >= 15 is 0 Å². The largest absolute Gasteiger partial charge is 0.463 e. The molecule has 2 aromatic carbocycles. The molecule has 0 saturated carbocycles. The summed E-state index contributed by atoms with van der Waals surface area (Å²) >= 11 is 1.44. The number of nitrogens with one attached hydrogen (secondary N) is 1. The van der Waals surface area contributed by atoms with Crippen LogP contribution in [0, 0.1) is 0 Å². The lowest BCUT2D eigenvalue weighted by Gasteiger charge is -2.03. The number of fused-ring (bicyclic) bond motifs is 1. The number of amides is 1. The number of para-hydroxylation sites is 1. The number of aryl methyl sites for hydroxylation is 1. The second kappa shape index (κ2) is 7.07. The van der Waals surface area contributed by atoms with Gasteiger partial charge in [-0.05, 0) is 36.4 Å². The van der Waals surface area contributed by atoms with Crippen LogP contribution >= 0.6 is 11.3 Å². The highest BCUT2D eigenvalue weighted by Crippen LogP contribution is 2.41. The Hall–Kier alpha value is -3.64. The molecule has 29 heavy (non-hydrogen) atoms. The van der Waals surface area contributed by atoms with E-state index in [2.05, 4.69) is 33.1 Å². The van der Waals surface area contributed by atoms with Gasteiger partial charge in [0.15, 0.2) is 10.9 Å². The van der Waals surface area contributed by atoms with E-state index < -0.39 is 0 Å². The Bertz CT molecular complexity index is 1300. The number of carbonyl (C=O) groups is 1. The first kappa shape index (κ1) is 17.5. The van der Waals surface area contributed by atoms with Gasteiger partial charge in [0, 0.05) is 23.5 Å². The van der Waals surface area contributed by atoms with Crippen molar-refractivity contribution in [1.29, 1.82) is 0 Å². The second-order valence-corrected chi connectivity index (χ2v) is 7.64. The molecule has 0 radical (unpaired) electrons. The molecule has 3 heterocycles. The minimum absolute atomic E-state index is 0.186. The monoisotopic (exact) mass is 399 g/mol. The topological polar surface area (TPSA) is 60.1 Å². The van der Waals surface area contributed by atoms with Gasteiger partial charge < -0.3 is 8.98 Å². The van der Waals surface area contributed by atoms with Crippen LogP contribution < -0.4 is 5.32 Å². The summed E-state index contributed by atoms with van der Waals surface area (Å²) in [6, 6.07) is 23.2. The van der Waals surface area contributed by atoms with Crippen LogP contribution in [0.15, 0.2) is 83.5 Å². The van der Waals surface area contributed by atoms with Gasteiger partial charge in [0.1, 0.15) is 5.69 Å². The summed E-state index contributed by atoms with van der Waals surface area (Å²) < 4.78 is 7.76. The summed E-state index contributed by atoms with van der Waals surface area (Å²) in [6.07, 6.45) is 1.63. The summed E-state index contributed by atoms with van der Waals surface area (Å²) in [5, 5.41) is 4.61. The molecule has 5 aromatic rings. The quantitative estimate of drug-likeness (QED) is 0.415. The highest BCUT2D eigenvalue weighted by molar-refractivity contribution is 7.19. The molecule has 5 rings (SSSR count). The van der Waals surface area contributed by atoms with Crippen LogP contribution in [0.5, 0.6) is 0 Å². The molecule has 3 aromatic heterocycles. The van der Waals surface area contributed by atoms with E-state index in [-0.39, 0.29) is 5.91 Å². The number of hydrogen-bond acceptors (Lipinski definition) is 4. The Balaban J connectivity index is 1.61. The number of aromatic nitrogens is 2. The summed E-state index contributed by atoms with van der Waals surface area (Å²) in [4.78, 5) is 18.2. The number of carbonyl (C=O) groups excluding carboxylic acids is 1. The molecular formula is C23H17N3O2S. The van der Waals surface area contributed by atoms with Crippen LogP contribution in [0.4, 0.5) is 5.13 Å². The normalized spacial score (nSPS) is 11.1. The van der Waals surface area contributed by atoms with Crippen LogP contribution in [0.2, 0.25) is 0 Å². The smallest absolute Gasteiger partial charge is 0.257 e. The minimum Gasteiger partial charge on any atom is -0.463 e. The van der Waals surface area contributed by atoms with E-state index in [9.17, 15) is 4.79 Å². The van der Waals surface area contributed by atoms with E-state index in [1.165, 1.54) is 11.3 Å². The first-order valence-corrected chi connectivity index (χ1v) is 9.98. The molecule has 0 aliphatic carbocycles. The highest BCUT2D eigenvalue weighted by atomic mass is 32.1. The van der Waals surface area contributed by atoms with Crippen molar-refractivity contribution >= 4 is 33.3 Å². The van der Waals surface area contributed by atoms with Gasteiger partial charge in [-0.1, -0.05) is 47.7 Å². The van der Waals surface area contributed by atoms with Crippen LogP contribution in [0.25, 0.3) is 32.9 Å². The van der Waals surface area contributed by atoms with Crippen LogP contribution in [-0.2, 0) is 7.05 Å². The maximum Gasteiger partial charge on any atom is 0.257 e. The Labute approximate surface area is 171 Å². The molecule has 5 nitrogen and oxygen atoms in total. The first-order valence-electron chi connectivity index (χ1n) is 9.16. The van der Waals surface area contributed by atoms with Crippen molar-refractivity contribution in [1.82, 2.24) is 9.55 Å². The maximum atomic E-state index is 12.6. The fourth-order valence-corrected chi connectivity index (χ4v) is 4.41. The molecule has 0 fully saturated rings. The Morgan fingerprint density at radius 2 is 1.83 bits per heavy atom. The third-order valence-electron chi connectivity index (χ3n) is 4.82. The first-order chi connectivity index (χ1) is 14.2. The third kappa shape index (κ3) is 3.13. The molecule has 1 amide bonds. The van der Waals surface area contributed by atoms with Crippen molar-refractivity contribution in [3.63, 3.8) is 0 Å². The van der Waals surface area contributed by atoms with Crippen molar-refractivity contribution in [2.24, 2.45) is 7.05 Å². The van der Waals surface area contributed by atoms with Crippen molar-refractivity contribution < 1.29 is 9.21 Å². The number of anilines is 1. The Morgan fingerprint density at radius 3 is 2.59 bits per heavy atom. The molecule has 6 heteroatoms. The fraction of sp³-hybridized carbons (Fsp3) is 0.0435. The summed E-state index contributed by atoms with van der Waals surface area (Å²) in [6.45, 7) is 0. The maximum absolute atomic E-state index is 12.6. The van der Waals surface area contributed by atoms with Gasteiger partial charge in [0.2, 0.25) is 0 Å². The van der Waals surface area contributed by atoms with Gasteiger partial charge in [-0.15, -0.1) is 0 Å². The van der Waals surface area contributed by atoms with Crippen molar-refractivity contribution in [2.45, 2.75) is 0 Å². The lowest BCUT2D eigenvalue weighted by atomic mass is 10.2. The lowest BCUT2D eigenvalue weighted by Crippen LogP contribution is -2.11. The summed E-state index contributed by atoms with van der Waals surface area (Å²) in [5.41, 5.74) is 3.47. The lowest BCUT2D eigenvalue weighted by molar-refractivity contribution is 0.102. The SMILES string of the molecule is Cn1c(-c2sc(NC(=O)c3ccccc3)nc2-c2ccco2)cc2ccccc21. The van der Waals surface area contributed by atoms with Crippen molar-refractivity contribution in [2.75, 3.05) is 5.32 Å². The van der Waals surface area contributed by atoms with Gasteiger partial charge in [0.25, 0.3) is 5.91 Å². The van der Waals surface area contributed by atoms with E-state index in [4.69, 9.17) is 4.42 Å². The van der Waals surface area contributed by atoms with Crippen LogP contribution in [0.3, 0.4) is 0 Å². The predicted octanol–water partition coefficient (Wildman–Crippen LogP) is 5.81. The van der Waals surface area contributed by atoms with E-state index in [1.807, 2.05) is 49.5 Å². The van der Waals surface area contributed by atoms with Crippen LogP contribution in [-0.4, -0.2) is 15.5 Å². The number of thiazole rings is 1. The average Bonchev–Trinajstić information content (AvgIpc) is 3.48. The molecule has 0 saturated heterocycles. The highest BCUT2D eigenvalue weighted by Gasteiger charge is 2.21. The predicted molar refractivity (Wildman–Crippen MR) is 116 cm³/mol. The fourth-order valence-electron chi connectivity index (χ4n) is 3.39. The van der Waals surface area contributed by atoms with Gasteiger partial charge in [-0.25, -0.2) is 4.98 Å². The second-order valence-electron chi connectivity index (χ2n) is 6.64. The summed E-state index contributed by atoms with van der Waals surface area (Å²) in [5.74, 6) is 0.482. The molecule has 0 atom stereocenters. The average molecular weight is 399 g/mol. The van der Waals surface area contributed by atoms with E-state index in [0.717, 1.165) is 21.5 Å². The molecule has 0 aliphatic heterocycles. The third-order valence-corrected chi connectivity index (χ3v) is 5.82. The molecule has 1 N–H and O–H groups in total. The number of hydrogen-bond donors (Lipinski definition) is 1. The van der Waals surface area contributed by atoms with Gasteiger partial charge in [-0.2, -0.15) is 0 Å². The molecular weight excluding hydrogens is 382 g/mol. The number of furan rings is 1. The zero-order chi connectivity index (χ0) is 19.8. The van der Waals surface area contributed by atoms with E-state index in [0.29, 0.717) is 22.1 Å². The van der Waals surface area contributed by atoms with Crippen molar-refractivity contribution in [3.8, 4) is 22.0 Å². The zero-order valence-corrected chi connectivity index (χ0v) is 16.4. The molecule has 0 unspecified atom stereocenters. The number of benzene rings is 2. The summed E-state index contributed by atoms with van der Waals surface area (Å²) in [7, 11) is 2.03. The molecule has 0 aliphatic rings. The van der Waals surface area contributed by atoms with Crippen LogP contribution in [0.1, 0.15) is 10.4 Å². The Kier molecular flexibility index (Phi) is 4.26. The molecule has 0 bridgehead atoms. The Morgan fingerprint density at radius 1 is 1.03 bits per heavy atom. The molecule has 0 spiro atoms. The minimum atomic E-state index is -0.186. The van der Waals surface area contributed by atoms with Gasteiger partial charge >= 0.3 is 0 Å². The van der Waals surface area contributed by atoms with Crippen molar-refractivity contribution in [3.05, 3.63) is 84.6 Å². The number of nitrogens with zero attached hydrogens (tertiary/aromatic N) is 2. The zero-order valence-electron chi connectivity index (χ0n) is 15.6. The van der Waals surface area contributed by atoms with E-state index in [1.54, 1.807) is 18.4 Å². The standard InChI is InChI=1S/C23H17N3O2S/c1-26-17-11-6-5-10-16(17)14-18(26)21-20(19-12-7-13-28-19)24-23(29-21)25-22(27)15-8-3-2-4-9-15/h2-14H,1H3,(H,24,25,27). The number of rotatable bonds is 4.